The summed E-state index contributed by atoms with van der Waals surface area (Å²) >= 11 is 0. The molecule has 1 fully saturated rings. The van der Waals surface area contributed by atoms with Crippen LogP contribution in [0.15, 0.2) is 0 Å². The molecule has 0 radical (unpaired) electrons. The molecule has 66 valence electrons. The van der Waals surface area contributed by atoms with Gasteiger partial charge in [-0.25, -0.2) is 0 Å². The van der Waals surface area contributed by atoms with Crippen LogP contribution in [-0.4, -0.2) is 38.9 Å². The van der Waals surface area contributed by atoms with Gasteiger partial charge in [0.05, 0.1) is 12.7 Å². The first kappa shape index (κ1) is 8.97. The Morgan fingerprint density at radius 3 is 3.09 bits per heavy atom. The summed E-state index contributed by atoms with van der Waals surface area (Å²) in [6, 6.07) is 0.555. The van der Waals surface area contributed by atoms with E-state index in [1.807, 2.05) is 7.05 Å². The maximum absolute atomic E-state index is 5.55. The van der Waals surface area contributed by atoms with E-state index in [0.717, 1.165) is 26.1 Å². The van der Waals surface area contributed by atoms with Gasteiger partial charge in [-0.15, -0.1) is 0 Å². The van der Waals surface area contributed by atoms with Crippen LogP contribution in [0.3, 0.4) is 0 Å². The Morgan fingerprint density at radius 1 is 1.73 bits per heavy atom. The van der Waals surface area contributed by atoms with Gasteiger partial charge in [-0.1, -0.05) is 0 Å². The van der Waals surface area contributed by atoms with E-state index in [1.54, 1.807) is 0 Å². The molecule has 0 aromatic heterocycles. The molecule has 0 bridgehead atoms. The third kappa shape index (κ3) is 3.18. The summed E-state index contributed by atoms with van der Waals surface area (Å²) in [5.41, 5.74) is 0. The third-order valence-corrected chi connectivity index (χ3v) is 2.11. The molecule has 0 amide bonds. The van der Waals surface area contributed by atoms with Gasteiger partial charge in [0.2, 0.25) is 0 Å². The molecule has 0 aromatic carbocycles. The van der Waals surface area contributed by atoms with Gasteiger partial charge in [0.1, 0.15) is 0 Å². The Labute approximate surface area is 68.5 Å². The van der Waals surface area contributed by atoms with E-state index < -0.39 is 0 Å². The first-order valence-electron chi connectivity index (χ1n) is 4.32. The fourth-order valence-corrected chi connectivity index (χ4v) is 1.28. The molecule has 0 aromatic rings. The molecule has 3 heteroatoms. The Hall–Kier alpha value is -0.120. The highest BCUT2D eigenvalue weighted by Gasteiger charge is 2.15. The molecule has 1 aliphatic heterocycles. The van der Waals surface area contributed by atoms with E-state index >= 15 is 0 Å². The average molecular weight is 158 g/mol. The summed E-state index contributed by atoms with van der Waals surface area (Å²) in [5, 5.41) is 6.52. The fourth-order valence-electron chi connectivity index (χ4n) is 1.28. The zero-order chi connectivity index (χ0) is 8.10. The molecule has 1 rings (SSSR count). The predicted octanol–water partition coefficient (Wildman–Crippen LogP) is -0.0272. The Balaban J connectivity index is 2.13. The zero-order valence-corrected chi connectivity index (χ0v) is 7.39. The molecule has 2 N–H and O–H groups in total. The lowest BCUT2D eigenvalue weighted by atomic mass is 10.1. The van der Waals surface area contributed by atoms with Crippen molar-refractivity contribution in [2.75, 3.05) is 26.7 Å². The lowest BCUT2D eigenvalue weighted by Gasteiger charge is -2.25. The summed E-state index contributed by atoms with van der Waals surface area (Å²) in [6.07, 6.45) is 1.51. The lowest BCUT2D eigenvalue weighted by molar-refractivity contribution is 0.0189. The van der Waals surface area contributed by atoms with Gasteiger partial charge in [0.25, 0.3) is 0 Å². The molecule has 0 saturated carbocycles. The normalized spacial score (nSPS) is 28.4. The number of hydrogen-bond acceptors (Lipinski definition) is 3. The van der Waals surface area contributed by atoms with Crippen LogP contribution in [0.4, 0.5) is 0 Å². The second kappa shape index (κ2) is 4.70. The summed E-state index contributed by atoms with van der Waals surface area (Å²) in [7, 11) is 1.99. The van der Waals surface area contributed by atoms with Crippen molar-refractivity contribution in [2.24, 2.45) is 0 Å². The number of rotatable bonds is 3. The molecule has 3 nitrogen and oxygen atoms in total. The van der Waals surface area contributed by atoms with Crippen molar-refractivity contribution in [3.63, 3.8) is 0 Å². The van der Waals surface area contributed by atoms with Gasteiger partial charge in [-0.05, 0) is 20.4 Å². The lowest BCUT2D eigenvalue weighted by Crippen LogP contribution is -2.41. The Morgan fingerprint density at radius 2 is 2.55 bits per heavy atom. The molecule has 2 unspecified atom stereocenters. The number of morpholine rings is 1. The van der Waals surface area contributed by atoms with Crippen molar-refractivity contribution >= 4 is 0 Å². The molecular weight excluding hydrogens is 140 g/mol. The van der Waals surface area contributed by atoms with Crippen molar-refractivity contribution in [3.8, 4) is 0 Å². The molecule has 11 heavy (non-hydrogen) atoms. The first-order chi connectivity index (χ1) is 5.33. The van der Waals surface area contributed by atoms with Gasteiger partial charge >= 0.3 is 0 Å². The van der Waals surface area contributed by atoms with Gasteiger partial charge in [-0.3, -0.25) is 0 Å². The van der Waals surface area contributed by atoms with Crippen LogP contribution < -0.4 is 10.6 Å². The molecule has 2 atom stereocenters. The van der Waals surface area contributed by atoms with Crippen LogP contribution in [0.25, 0.3) is 0 Å². The molecule has 0 spiro atoms. The molecule has 1 saturated heterocycles. The van der Waals surface area contributed by atoms with E-state index in [0.29, 0.717) is 12.1 Å². The van der Waals surface area contributed by atoms with Crippen molar-refractivity contribution in [1.82, 2.24) is 10.6 Å². The van der Waals surface area contributed by atoms with Crippen molar-refractivity contribution in [3.05, 3.63) is 0 Å². The molecule has 0 aliphatic carbocycles. The predicted molar refractivity (Wildman–Crippen MR) is 45.7 cm³/mol. The highest BCUT2D eigenvalue weighted by atomic mass is 16.5. The highest BCUT2D eigenvalue weighted by Crippen LogP contribution is 2.03. The summed E-state index contributed by atoms with van der Waals surface area (Å²) in [4.78, 5) is 0. The summed E-state index contributed by atoms with van der Waals surface area (Å²) in [5.74, 6) is 0. The standard InChI is InChI=1S/C8H18N2O/c1-7(9-2)5-8-6-10-3-4-11-8/h7-10H,3-6H2,1-2H3. The van der Waals surface area contributed by atoms with E-state index in [1.165, 1.54) is 0 Å². The second-order valence-electron chi connectivity index (χ2n) is 3.12. The minimum absolute atomic E-state index is 0.409. The maximum atomic E-state index is 5.55. The average Bonchev–Trinajstić information content (AvgIpc) is 2.06. The smallest absolute Gasteiger partial charge is 0.0714 e. The van der Waals surface area contributed by atoms with Gasteiger partial charge < -0.3 is 15.4 Å². The summed E-state index contributed by atoms with van der Waals surface area (Å²) < 4.78 is 5.55. The van der Waals surface area contributed by atoms with Crippen LogP contribution in [0.2, 0.25) is 0 Å². The highest BCUT2D eigenvalue weighted by molar-refractivity contribution is 4.71. The first-order valence-corrected chi connectivity index (χ1v) is 4.32. The van der Waals surface area contributed by atoms with Crippen LogP contribution in [-0.2, 0) is 4.74 Å². The van der Waals surface area contributed by atoms with E-state index in [9.17, 15) is 0 Å². The van der Waals surface area contributed by atoms with Crippen LogP contribution >= 0.6 is 0 Å². The SMILES string of the molecule is CNC(C)CC1CNCCO1. The minimum atomic E-state index is 0.409. The Kier molecular flexibility index (Phi) is 3.83. The molecule has 1 heterocycles. The number of ether oxygens (including phenoxy) is 1. The maximum Gasteiger partial charge on any atom is 0.0714 e. The minimum Gasteiger partial charge on any atom is -0.376 e. The van der Waals surface area contributed by atoms with Crippen LogP contribution in [0.5, 0.6) is 0 Å². The third-order valence-electron chi connectivity index (χ3n) is 2.11. The van der Waals surface area contributed by atoms with E-state index in [-0.39, 0.29) is 0 Å². The van der Waals surface area contributed by atoms with Crippen LogP contribution in [0.1, 0.15) is 13.3 Å². The molecule has 1 aliphatic rings. The van der Waals surface area contributed by atoms with Crippen molar-refractivity contribution in [1.29, 1.82) is 0 Å². The fraction of sp³-hybridized carbons (Fsp3) is 1.00. The van der Waals surface area contributed by atoms with Crippen LogP contribution in [0, 0.1) is 0 Å². The Bertz CT molecular complexity index is 102. The van der Waals surface area contributed by atoms with Crippen molar-refractivity contribution < 1.29 is 4.74 Å². The number of hydrogen-bond donors (Lipinski definition) is 2. The van der Waals surface area contributed by atoms with Gasteiger partial charge in [-0.2, -0.15) is 0 Å². The quantitative estimate of drug-likeness (QED) is 0.605. The molecular formula is C8H18N2O. The van der Waals surface area contributed by atoms with Crippen molar-refractivity contribution in [2.45, 2.75) is 25.5 Å². The van der Waals surface area contributed by atoms with Gasteiger partial charge in [0, 0.05) is 19.1 Å². The second-order valence-corrected chi connectivity index (χ2v) is 3.12. The summed E-state index contributed by atoms with van der Waals surface area (Å²) in [6.45, 7) is 5.05. The largest absolute Gasteiger partial charge is 0.376 e. The van der Waals surface area contributed by atoms with E-state index in [4.69, 9.17) is 4.74 Å². The monoisotopic (exact) mass is 158 g/mol. The van der Waals surface area contributed by atoms with E-state index in [2.05, 4.69) is 17.6 Å². The number of nitrogens with one attached hydrogen (secondary N) is 2. The van der Waals surface area contributed by atoms with Gasteiger partial charge in [0.15, 0.2) is 0 Å². The topological polar surface area (TPSA) is 33.3 Å². The zero-order valence-electron chi connectivity index (χ0n) is 7.39.